The van der Waals surface area contributed by atoms with Gasteiger partial charge >= 0.3 is 41.5 Å². The molecule has 2 amide bonds. The Bertz CT molecular complexity index is 476. The number of nitrogens with two attached hydrogens (primary N) is 1. The minimum Gasteiger partial charge on any atom is -1.00 e. The molecule has 3 N–H and O–H groups in total. The number of ether oxygens (including phenoxy) is 1. The van der Waals surface area contributed by atoms with Gasteiger partial charge in [0.05, 0.1) is 25.2 Å². The van der Waals surface area contributed by atoms with Crippen molar-refractivity contribution in [1.82, 2.24) is 5.32 Å². The molecule has 138 valence electrons. The summed E-state index contributed by atoms with van der Waals surface area (Å²) in [6.07, 6.45) is 2.64. The Labute approximate surface area is 197 Å². The van der Waals surface area contributed by atoms with Crippen molar-refractivity contribution in [3.05, 3.63) is 5.32 Å². The molecule has 0 aliphatic carbocycles. The topological polar surface area (TPSA) is 166 Å². The summed E-state index contributed by atoms with van der Waals surface area (Å²) in [5.41, 5.74) is 4.47. The molecule has 0 rings (SSSR count). The average Bonchev–Trinajstić information content (AvgIpc) is 2.51. The van der Waals surface area contributed by atoms with Crippen molar-refractivity contribution in [1.29, 1.82) is 15.8 Å². The minimum atomic E-state index is -0.685. The zero-order chi connectivity index (χ0) is 18.5. The van der Waals surface area contributed by atoms with Gasteiger partial charge in [0.15, 0.2) is 11.6 Å². The Morgan fingerprint density at radius 3 is 2.12 bits per heavy atom. The number of unbranched alkanes of at least 4 members (excludes halogenated alkanes) is 1. The van der Waals surface area contributed by atoms with Gasteiger partial charge in [-0.1, -0.05) is 27.0 Å². The number of nitriles is 3. The van der Waals surface area contributed by atoms with Crippen LogP contribution in [-0.2, 0) is 14.3 Å². The summed E-state index contributed by atoms with van der Waals surface area (Å²) in [7, 11) is 0. The quantitative estimate of drug-likeness (QED) is 0.0946. The average molecular weight is 505 g/mol. The molecule has 13 heteroatoms. The van der Waals surface area contributed by atoms with E-state index < -0.39 is 11.8 Å². The van der Waals surface area contributed by atoms with Gasteiger partial charge in [0.25, 0.3) is 0 Å². The molecule has 0 aromatic heterocycles. The van der Waals surface area contributed by atoms with Crippen LogP contribution in [0, 0.1) is 34.1 Å². The van der Waals surface area contributed by atoms with Crippen molar-refractivity contribution in [2.75, 3.05) is 6.61 Å². The molecule has 0 aliphatic rings. The second-order valence-corrected chi connectivity index (χ2v) is 3.39. The van der Waals surface area contributed by atoms with Crippen LogP contribution in [0.3, 0.4) is 0 Å². The number of hydrogen-bond acceptors (Lipinski definition) is 6. The molecule has 0 aliphatic heterocycles. The molecule has 26 heavy (non-hydrogen) atoms. The predicted octanol–water partition coefficient (Wildman–Crippen LogP) is -5.62. The van der Waals surface area contributed by atoms with E-state index in [1.54, 1.807) is 34.5 Å². The van der Waals surface area contributed by atoms with Crippen LogP contribution in [0.5, 0.6) is 0 Å². The maximum Gasteiger partial charge on any atom is 1.00 e. The van der Waals surface area contributed by atoms with E-state index in [-0.39, 0.29) is 68.3 Å². The number of amides is 2. The van der Waals surface area contributed by atoms with Gasteiger partial charge in [-0.05, 0) is 6.42 Å². The first-order valence-corrected chi connectivity index (χ1v) is 7.39. The Kier molecular flexibility index (Phi) is 53.9. The zero-order valence-corrected chi connectivity index (χ0v) is 18.9. The van der Waals surface area contributed by atoms with E-state index in [1.807, 2.05) is 6.92 Å². The van der Waals surface area contributed by atoms with Gasteiger partial charge < -0.3 is 27.7 Å². The van der Waals surface area contributed by atoms with Gasteiger partial charge in [-0.15, -0.1) is 0 Å². The number of carbonyl (C=O) groups is 2. The Hall–Kier alpha value is -1.04. The monoisotopic (exact) mass is 504 g/mol. The molecule has 0 heterocycles. The van der Waals surface area contributed by atoms with E-state index in [0.29, 0.717) is 6.61 Å². The molecular weight excluding hydrogens is 484 g/mol. The third-order valence-electron chi connectivity index (χ3n) is 1.66. The summed E-state index contributed by atoms with van der Waals surface area (Å²) < 4.78 is 4.95. The van der Waals surface area contributed by atoms with Crippen molar-refractivity contribution in [3.63, 3.8) is 0 Å². The first kappa shape index (κ1) is 39.9. The fraction of sp³-hybridized carbons (Fsp3) is 0.538. The van der Waals surface area contributed by atoms with Crippen LogP contribution in [0.2, 0.25) is 0 Å². The molecule has 9 nitrogen and oxygen atoms in total. The Morgan fingerprint density at radius 2 is 1.73 bits per heavy atom. The van der Waals surface area contributed by atoms with Gasteiger partial charge in [0, 0.05) is 0 Å². The van der Waals surface area contributed by atoms with Gasteiger partial charge in [0.2, 0.25) is 0 Å². The van der Waals surface area contributed by atoms with Gasteiger partial charge in [0.1, 0.15) is 6.42 Å². The standard InChI is InChI=1S/C8H13N3O2.C4H3N3O.CH4.BI.ClH.Na/c1-2-3-6-13-8(10)11-7(12)4-5-9;5-2-1-4(8)7-3-6;;1-2;;/h2-4,6H2,1H3,(H2,10,11,12);1H2,(H,7,8);1H4;;1H;/q;;;;;+1/p-1. The van der Waals surface area contributed by atoms with Crippen LogP contribution in [0.15, 0.2) is 0 Å². The SMILES string of the molecule is C.CCCCOC(=[NH2+])NC(=O)CC#N.N#CCC(=O)[N-]C#N.[B]I.[Cl-].[Na+]. The van der Waals surface area contributed by atoms with Crippen LogP contribution in [0.4, 0.5) is 0 Å². The largest absolute Gasteiger partial charge is 1.00 e. The second kappa shape index (κ2) is 35.1. The number of carbonyl (C=O) groups excluding carboxylic acids is 2. The summed E-state index contributed by atoms with van der Waals surface area (Å²) >= 11 is 1.65. The Balaban J connectivity index is -0.0000000677. The van der Waals surface area contributed by atoms with Gasteiger partial charge in [-0.2, -0.15) is 38.2 Å². The van der Waals surface area contributed by atoms with E-state index in [9.17, 15) is 9.59 Å². The minimum absolute atomic E-state index is 0. The van der Waals surface area contributed by atoms with Crippen molar-refractivity contribution >= 4 is 45.9 Å². The van der Waals surface area contributed by atoms with E-state index in [4.69, 9.17) is 25.9 Å². The molecule has 0 fully saturated rings. The van der Waals surface area contributed by atoms with Crippen LogP contribution in [-0.4, -0.2) is 30.1 Å². The molecule has 0 saturated carbocycles. The molecular formula is C13H20BClIN6NaO3. The Morgan fingerprint density at radius 1 is 1.23 bits per heavy atom. The molecule has 0 atom stereocenters. The van der Waals surface area contributed by atoms with E-state index in [0.717, 1.165) is 12.8 Å². The summed E-state index contributed by atoms with van der Waals surface area (Å²) in [6, 6.07) is 3.23. The molecule has 0 bridgehead atoms. The first-order valence-electron chi connectivity index (χ1n) is 6.15. The van der Waals surface area contributed by atoms with Crippen LogP contribution in [0.1, 0.15) is 40.0 Å². The summed E-state index contributed by atoms with van der Waals surface area (Å²) in [6.45, 7) is 2.50. The normalized spacial score (nSPS) is 6.42. The summed E-state index contributed by atoms with van der Waals surface area (Å²) in [5, 5.41) is 34.0. The smallest absolute Gasteiger partial charge is 1.00 e. The molecule has 0 spiro atoms. The van der Waals surface area contributed by atoms with Gasteiger partial charge in [-0.25, -0.2) is 4.79 Å². The first-order chi connectivity index (χ1) is 11.0. The fourth-order valence-electron chi connectivity index (χ4n) is 0.779. The maximum atomic E-state index is 10.8. The molecule has 0 unspecified atom stereocenters. The van der Waals surface area contributed by atoms with Crippen molar-refractivity contribution in [2.24, 2.45) is 0 Å². The van der Waals surface area contributed by atoms with Crippen molar-refractivity contribution in [2.45, 2.75) is 40.0 Å². The molecule has 0 saturated heterocycles. The molecule has 0 aromatic rings. The molecule has 0 aromatic carbocycles. The predicted molar refractivity (Wildman–Crippen MR) is 96.9 cm³/mol. The van der Waals surface area contributed by atoms with Crippen molar-refractivity contribution in [3.8, 4) is 18.3 Å². The third-order valence-corrected chi connectivity index (χ3v) is 1.66. The number of nitrogens with zero attached hydrogens (tertiary/aromatic N) is 4. The van der Waals surface area contributed by atoms with Crippen LogP contribution < -0.4 is 52.7 Å². The number of hydrogen-bond donors (Lipinski definition) is 2. The second-order valence-electron chi connectivity index (χ2n) is 3.39. The number of rotatable bonds is 5. The van der Waals surface area contributed by atoms with Crippen LogP contribution in [0.25, 0.3) is 5.32 Å². The summed E-state index contributed by atoms with van der Waals surface area (Å²) in [4.78, 5) is 20.8. The number of nitrogens with one attached hydrogen (secondary N) is 1. The van der Waals surface area contributed by atoms with E-state index in [2.05, 4.69) is 16.3 Å². The number of amidine groups is 1. The van der Waals surface area contributed by atoms with E-state index >= 15 is 0 Å². The van der Waals surface area contributed by atoms with Crippen molar-refractivity contribution < 1.29 is 61.7 Å². The molecule has 2 radical (unpaired) electrons. The van der Waals surface area contributed by atoms with Gasteiger partial charge in [-0.3, -0.25) is 10.2 Å². The maximum absolute atomic E-state index is 10.8. The van der Waals surface area contributed by atoms with E-state index in [1.165, 1.54) is 6.19 Å². The number of halogens is 2. The summed E-state index contributed by atoms with van der Waals surface area (Å²) in [5.74, 6) is -1.13. The fourth-order valence-corrected chi connectivity index (χ4v) is 0.779. The third kappa shape index (κ3) is 38.5. The zero-order valence-electron chi connectivity index (χ0n) is 14.0. The van der Waals surface area contributed by atoms with Crippen LogP contribution >= 0.6 is 22.4 Å².